The van der Waals surface area contributed by atoms with Gasteiger partial charge in [0.05, 0.1) is 12.7 Å². The third-order valence-electron chi connectivity index (χ3n) is 2.24. The lowest BCUT2D eigenvalue weighted by molar-refractivity contribution is -0.140. The second kappa shape index (κ2) is 9.86. The number of hydrogen-bond donors (Lipinski definition) is 2. The summed E-state index contributed by atoms with van der Waals surface area (Å²) in [6.45, 7) is 6.46. The van der Waals surface area contributed by atoms with E-state index in [1.54, 1.807) is 0 Å². The van der Waals surface area contributed by atoms with E-state index in [1.807, 2.05) is 0 Å². The average Bonchev–Trinajstić information content (AvgIpc) is 2.42. The van der Waals surface area contributed by atoms with Crippen molar-refractivity contribution in [1.29, 1.82) is 0 Å². The lowest BCUT2D eigenvalue weighted by atomic mass is 10.4. The molecule has 0 aromatic carbocycles. The molecule has 12 heteroatoms. The monoisotopic (exact) mass is 388 g/mol. The van der Waals surface area contributed by atoms with Crippen LogP contribution < -0.4 is 0 Å². The van der Waals surface area contributed by atoms with Gasteiger partial charge >= 0.3 is 16.1 Å². The highest BCUT2D eigenvalue weighted by atomic mass is 32.3. The second-order valence-electron chi connectivity index (χ2n) is 4.50. The fourth-order valence-corrected chi connectivity index (χ4v) is 4.34. The first-order valence-electron chi connectivity index (χ1n) is 6.50. The van der Waals surface area contributed by atoms with Crippen LogP contribution in [0.1, 0.15) is 6.92 Å². The number of rotatable bonds is 12. The molecule has 0 spiro atoms. The molecule has 0 rings (SSSR count). The summed E-state index contributed by atoms with van der Waals surface area (Å²) in [7, 11) is -9.64. The molecule has 0 bridgehead atoms. The number of esters is 1. The zero-order valence-corrected chi connectivity index (χ0v) is 14.5. The van der Waals surface area contributed by atoms with E-state index >= 15 is 0 Å². The van der Waals surface area contributed by atoms with Gasteiger partial charge in [0.2, 0.25) is 5.44 Å². The maximum atomic E-state index is 11.9. The van der Waals surface area contributed by atoms with E-state index in [4.69, 9.17) is 4.74 Å². The van der Waals surface area contributed by atoms with E-state index in [9.17, 15) is 31.8 Å². The third kappa shape index (κ3) is 8.52. The van der Waals surface area contributed by atoms with Crippen LogP contribution in [0, 0.1) is 0 Å². The molecule has 3 atom stereocenters. The van der Waals surface area contributed by atoms with Crippen LogP contribution in [-0.4, -0.2) is 69.6 Å². The van der Waals surface area contributed by atoms with Crippen LogP contribution in [-0.2, 0) is 38.1 Å². The quantitative estimate of drug-likeness (QED) is 0.233. The SMILES string of the molecule is C=CCOC(C(C)O)S(=O)(=O)OS(=O)(=O)CC(O)COC(=O)C=C. The number of ether oxygens (including phenoxy) is 2. The predicted molar refractivity (Wildman–Crippen MR) is 82.6 cm³/mol. The van der Waals surface area contributed by atoms with Gasteiger partial charge in [-0.1, -0.05) is 12.7 Å². The Morgan fingerprint density at radius 1 is 1.21 bits per heavy atom. The van der Waals surface area contributed by atoms with Crippen molar-refractivity contribution >= 4 is 26.2 Å². The molecule has 140 valence electrons. The largest absolute Gasteiger partial charge is 0.460 e. The van der Waals surface area contributed by atoms with Crippen LogP contribution in [0.5, 0.6) is 0 Å². The summed E-state index contributed by atoms with van der Waals surface area (Å²) in [5.41, 5.74) is -1.97. The molecule has 24 heavy (non-hydrogen) atoms. The highest BCUT2D eigenvalue weighted by Crippen LogP contribution is 2.15. The van der Waals surface area contributed by atoms with Crippen LogP contribution in [0.2, 0.25) is 0 Å². The lowest BCUT2D eigenvalue weighted by Crippen LogP contribution is -2.38. The molecule has 0 aromatic rings. The molecule has 0 aliphatic rings. The maximum Gasteiger partial charge on any atom is 0.330 e. The molecule has 0 amide bonds. The maximum absolute atomic E-state index is 11.9. The van der Waals surface area contributed by atoms with E-state index in [0.29, 0.717) is 0 Å². The molecule has 10 nitrogen and oxygen atoms in total. The minimum Gasteiger partial charge on any atom is -0.460 e. The Kier molecular flexibility index (Phi) is 9.32. The average molecular weight is 388 g/mol. The fraction of sp³-hybridized carbons (Fsp3) is 0.583. The summed E-state index contributed by atoms with van der Waals surface area (Å²) in [6, 6.07) is 0. The van der Waals surface area contributed by atoms with Gasteiger partial charge in [0, 0.05) is 6.08 Å². The lowest BCUT2D eigenvalue weighted by Gasteiger charge is -2.19. The van der Waals surface area contributed by atoms with Gasteiger partial charge in [0.1, 0.15) is 18.5 Å². The molecule has 0 heterocycles. The van der Waals surface area contributed by atoms with Gasteiger partial charge in [-0.25, -0.2) is 4.79 Å². The van der Waals surface area contributed by atoms with E-state index in [2.05, 4.69) is 21.5 Å². The van der Waals surface area contributed by atoms with Crippen molar-refractivity contribution < 1.29 is 44.9 Å². The van der Waals surface area contributed by atoms with Crippen LogP contribution in [0.25, 0.3) is 0 Å². The number of hydrogen-bond acceptors (Lipinski definition) is 10. The van der Waals surface area contributed by atoms with E-state index < -0.39 is 56.2 Å². The van der Waals surface area contributed by atoms with Gasteiger partial charge in [0.15, 0.2) is 0 Å². The Morgan fingerprint density at radius 3 is 2.25 bits per heavy atom. The first kappa shape index (κ1) is 22.7. The molecule has 0 fully saturated rings. The summed E-state index contributed by atoms with van der Waals surface area (Å²) in [5.74, 6) is -2.06. The highest BCUT2D eigenvalue weighted by molar-refractivity contribution is 8.00. The summed E-state index contributed by atoms with van der Waals surface area (Å²) < 4.78 is 60.4. The molecule has 2 N–H and O–H groups in total. The molecular weight excluding hydrogens is 368 g/mol. The van der Waals surface area contributed by atoms with Crippen molar-refractivity contribution in [2.45, 2.75) is 24.6 Å². The van der Waals surface area contributed by atoms with Gasteiger partial charge in [-0.3, -0.25) is 0 Å². The number of carbonyl (C=O) groups is 1. The first-order chi connectivity index (χ1) is 10.9. The molecule has 0 saturated heterocycles. The molecule has 0 aromatic heterocycles. The van der Waals surface area contributed by atoms with Gasteiger partial charge < -0.3 is 19.7 Å². The van der Waals surface area contributed by atoms with E-state index in [1.165, 1.54) is 6.08 Å². The Balaban J connectivity index is 4.94. The van der Waals surface area contributed by atoms with Crippen LogP contribution in [0.15, 0.2) is 25.3 Å². The standard InChI is InChI=1S/C12H20O10S2/c1-4-6-20-12(9(3)13)24(18,19)22-23(16,17)8-10(14)7-21-11(15)5-2/h4-5,9-10,12-14H,1-2,6-8H2,3H3. The Bertz CT molecular complexity index is 635. The van der Waals surface area contributed by atoms with Crippen molar-refractivity contribution in [3.63, 3.8) is 0 Å². The van der Waals surface area contributed by atoms with Gasteiger partial charge in [-0.05, 0) is 6.92 Å². The van der Waals surface area contributed by atoms with Crippen molar-refractivity contribution in [1.82, 2.24) is 0 Å². The summed E-state index contributed by atoms with van der Waals surface area (Å²) in [5, 5.41) is 18.9. The van der Waals surface area contributed by atoms with Crippen molar-refractivity contribution in [3.8, 4) is 0 Å². The van der Waals surface area contributed by atoms with Gasteiger partial charge in [0.25, 0.3) is 10.1 Å². The zero-order chi connectivity index (χ0) is 19.0. The first-order valence-corrected chi connectivity index (χ1v) is 9.55. The number of aliphatic hydroxyl groups is 2. The van der Waals surface area contributed by atoms with Gasteiger partial charge in [-0.15, -0.1) is 10.2 Å². The third-order valence-corrected chi connectivity index (χ3v) is 5.72. The number of aliphatic hydroxyl groups excluding tert-OH is 2. The second-order valence-corrected chi connectivity index (χ2v) is 7.95. The predicted octanol–water partition coefficient (Wildman–Crippen LogP) is -1.34. The fourth-order valence-electron chi connectivity index (χ4n) is 1.36. The van der Waals surface area contributed by atoms with Crippen LogP contribution >= 0.6 is 0 Å². The minimum absolute atomic E-state index is 0.279. The minimum atomic E-state index is -4.88. The summed E-state index contributed by atoms with van der Waals surface area (Å²) >= 11 is 0. The highest BCUT2D eigenvalue weighted by Gasteiger charge is 2.37. The smallest absolute Gasteiger partial charge is 0.330 e. The molecule has 0 saturated carbocycles. The molecule has 3 unspecified atom stereocenters. The Hall–Kier alpha value is -1.31. The normalized spacial score (nSPS) is 16.0. The van der Waals surface area contributed by atoms with E-state index in [-0.39, 0.29) is 6.61 Å². The van der Waals surface area contributed by atoms with E-state index in [0.717, 1.165) is 13.0 Å². The van der Waals surface area contributed by atoms with Gasteiger partial charge in [-0.2, -0.15) is 16.8 Å². The topological polar surface area (TPSA) is 154 Å². The molecule has 0 aliphatic carbocycles. The molecule has 0 aliphatic heterocycles. The van der Waals surface area contributed by atoms with Crippen molar-refractivity contribution in [3.05, 3.63) is 25.3 Å². The molecular formula is C12H20O10S2. The summed E-state index contributed by atoms with van der Waals surface area (Å²) in [4.78, 5) is 10.8. The zero-order valence-electron chi connectivity index (χ0n) is 12.9. The van der Waals surface area contributed by atoms with Crippen LogP contribution in [0.4, 0.5) is 0 Å². The Morgan fingerprint density at radius 2 is 1.79 bits per heavy atom. The number of carbonyl (C=O) groups excluding carboxylic acids is 1. The van der Waals surface area contributed by atoms with Crippen LogP contribution in [0.3, 0.4) is 0 Å². The van der Waals surface area contributed by atoms with Crippen molar-refractivity contribution in [2.75, 3.05) is 19.0 Å². The molecule has 0 radical (unpaired) electrons. The Labute approximate surface area is 140 Å². The summed E-state index contributed by atoms with van der Waals surface area (Å²) in [6.07, 6.45) is -1.33. The van der Waals surface area contributed by atoms with Crippen molar-refractivity contribution in [2.24, 2.45) is 0 Å².